The van der Waals surface area contributed by atoms with Crippen LogP contribution in [-0.2, 0) is 26.2 Å². The first-order valence-electron chi connectivity index (χ1n) is 13.0. The minimum absolute atomic E-state index is 0.128. The van der Waals surface area contributed by atoms with E-state index in [-0.39, 0.29) is 11.7 Å². The molecule has 0 radical (unpaired) electrons. The van der Waals surface area contributed by atoms with Crippen molar-refractivity contribution in [2.75, 3.05) is 24.2 Å². The molecule has 9 nitrogen and oxygen atoms in total. The molecule has 39 heavy (non-hydrogen) atoms. The monoisotopic (exact) mass is 557 g/mol. The fraction of sp³-hybridized carbons (Fsp3) is 0.429. The Morgan fingerprint density at radius 1 is 1.15 bits per heavy atom. The number of carboxylic acids is 1. The highest BCUT2D eigenvalue weighted by atomic mass is 32.2. The molecule has 1 aromatic heterocycles. The van der Waals surface area contributed by atoms with Crippen LogP contribution in [0.15, 0.2) is 40.8 Å². The molecule has 0 atom stereocenters. The van der Waals surface area contributed by atoms with Gasteiger partial charge in [-0.05, 0) is 74.5 Å². The van der Waals surface area contributed by atoms with E-state index < -0.39 is 34.0 Å². The largest absolute Gasteiger partial charge is 0.480 e. The molecule has 2 aliphatic carbocycles. The Labute approximate surface area is 226 Å². The molecule has 2 saturated carbocycles. The third kappa shape index (κ3) is 5.38. The number of benzene rings is 2. The number of amides is 1. The zero-order valence-electron chi connectivity index (χ0n) is 21.9. The number of nitrogens with one attached hydrogen (secondary N) is 2. The molecule has 5 rings (SSSR count). The Balaban J connectivity index is 1.59. The van der Waals surface area contributed by atoms with E-state index in [1.807, 2.05) is 13.1 Å². The van der Waals surface area contributed by atoms with E-state index >= 15 is 0 Å². The Bertz CT molecular complexity index is 1520. The maximum atomic E-state index is 13.6. The van der Waals surface area contributed by atoms with Crippen LogP contribution in [0.2, 0.25) is 0 Å². The van der Waals surface area contributed by atoms with E-state index in [0.717, 1.165) is 39.9 Å². The van der Waals surface area contributed by atoms with Crippen molar-refractivity contribution in [1.82, 2.24) is 10.6 Å². The van der Waals surface area contributed by atoms with Gasteiger partial charge in [0.2, 0.25) is 15.9 Å². The van der Waals surface area contributed by atoms with Crippen molar-refractivity contribution in [3.8, 4) is 11.3 Å². The Kier molecular flexibility index (Phi) is 7.15. The van der Waals surface area contributed by atoms with Crippen LogP contribution >= 0.6 is 0 Å². The summed E-state index contributed by atoms with van der Waals surface area (Å²) in [6, 6.07) is 9.53. The van der Waals surface area contributed by atoms with E-state index in [2.05, 4.69) is 10.6 Å². The Morgan fingerprint density at radius 3 is 2.38 bits per heavy atom. The van der Waals surface area contributed by atoms with Crippen LogP contribution in [0.5, 0.6) is 0 Å². The number of furan rings is 1. The van der Waals surface area contributed by atoms with Crippen molar-refractivity contribution in [1.29, 1.82) is 0 Å². The molecule has 2 fully saturated rings. The zero-order valence-corrected chi connectivity index (χ0v) is 22.7. The summed E-state index contributed by atoms with van der Waals surface area (Å²) in [5.41, 5.74) is 1.73. The lowest BCUT2D eigenvalue weighted by Gasteiger charge is -2.29. The molecule has 0 aliphatic heterocycles. The summed E-state index contributed by atoms with van der Waals surface area (Å²) in [5, 5.41) is 16.3. The predicted molar refractivity (Wildman–Crippen MR) is 146 cm³/mol. The molecule has 208 valence electrons. The molecule has 0 spiro atoms. The molecular formula is C28H32FN3O6S. The molecule has 2 aromatic carbocycles. The Hall–Kier alpha value is -3.44. The second-order valence-corrected chi connectivity index (χ2v) is 12.4. The number of aliphatic carboxylic acids is 1. The summed E-state index contributed by atoms with van der Waals surface area (Å²) in [6.45, 7) is -0.0768. The summed E-state index contributed by atoms with van der Waals surface area (Å²) in [6.07, 6.45) is 4.76. The van der Waals surface area contributed by atoms with Gasteiger partial charge in [-0.2, -0.15) is 0 Å². The highest BCUT2D eigenvalue weighted by molar-refractivity contribution is 7.92. The third-order valence-electron chi connectivity index (χ3n) is 7.62. The second kappa shape index (κ2) is 10.3. The molecule has 0 unspecified atom stereocenters. The summed E-state index contributed by atoms with van der Waals surface area (Å²) >= 11 is 0. The lowest BCUT2D eigenvalue weighted by Crippen LogP contribution is -2.55. The van der Waals surface area contributed by atoms with Crippen LogP contribution in [0, 0.1) is 5.82 Å². The van der Waals surface area contributed by atoms with Gasteiger partial charge in [-0.3, -0.25) is 9.10 Å². The van der Waals surface area contributed by atoms with Crippen molar-refractivity contribution in [2.45, 2.75) is 56.5 Å². The number of hydrogen-bond donors (Lipinski definition) is 3. The first-order chi connectivity index (χ1) is 18.5. The third-order valence-corrected chi connectivity index (χ3v) is 8.75. The average molecular weight is 558 g/mol. The number of carboxylic acid groups (broad SMARTS) is 1. The maximum absolute atomic E-state index is 13.6. The number of sulfonamides is 1. The highest BCUT2D eigenvalue weighted by Crippen LogP contribution is 2.48. The van der Waals surface area contributed by atoms with E-state index in [1.54, 1.807) is 18.2 Å². The molecule has 2 aliphatic rings. The Morgan fingerprint density at radius 2 is 1.82 bits per heavy atom. The van der Waals surface area contributed by atoms with E-state index in [1.165, 1.54) is 12.1 Å². The molecular weight excluding hydrogens is 525 g/mol. The highest BCUT2D eigenvalue weighted by Gasteiger charge is 2.43. The molecule has 3 N–H and O–H groups in total. The predicted octanol–water partition coefficient (Wildman–Crippen LogP) is 4.12. The number of nitrogens with zero attached hydrogens (tertiary/aromatic N) is 1. The number of fused-ring (bicyclic) bond motifs is 1. The van der Waals surface area contributed by atoms with Crippen LogP contribution in [0.1, 0.15) is 55.6 Å². The maximum Gasteiger partial charge on any atom is 0.329 e. The van der Waals surface area contributed by atoms with Gasteiger partial charge in [0.25, 0.3) is 0 Å². The van der Waals surface area contributed by atoms with Crippen LogP contribution in [0.25, 0.3) is 22.3 Å². The smallest absolute Gasteiger partial charge is 0.329 e. The summed E-state index contributed by atoms with van der Waals surface area (Å²) < 4.78 is 46.9. The molecule has 3 aromatic rings. The molecule has 11 heteroatoms. The number of hydrogen-bond acceptors (Lipinski definition) is 6. The van der Waals surface area contributed by atoms with Crippen LogP contribution < -0.4 is 14.9 Å². The van der Waals surface area contributed by atoms with Crippen LogP contribution in [0.3, 0.4) is 0 Å². The van der Waals surface area contributed by atoms with Gasteiger partial charge in [0.1, 0.15) is 29.2 Å². The minimum atomic E-state index is -3.92. The SMILES string of the molecule is CNCc1c(-c2ccc(F)cc2)oc2cc(N(CC(=O)NC3(C(=O)O)CCCC3)S(C)(=O)=O)c(C3CC3)cc12. The van der Waals surface area contributed by atoms with Gasteiger partial charge in [-0.25, -0.2) is 17.6 Å². The fourth-order valence-corrected chi connectivity index (χ4v) is 6.38. The molecule has 1 amide bonds. The van der Waals surface area contributed by atoms with Gasteiger partial charge in [0, 0.05) is 29.1 Å². The van der Waals surface area contributed by atoms with Gasteiger partial charge >= 0.3 is 5.97 Å². The number of carbonyl (C=O) groups excluding carboxylic acids is 1. The average Bonchev–Trinajstić information content (AvgIpc) is 3.51. The molecule has 0 saturated heterocycles. The van der Waals surface area contributed by atoms with Crippen LogP contribution in [-0.4, -0.2) is 50.8 Å². The van der Waals surface area contributed by atoms with Gasteiger partial charge in [0.05, 0.1) is 11.9 Å². The van der Waals surface area contributed by atoms with E-state index in [4.69, 9.17) is 4.42 Å². The lowest BCUT2D eigenvalue weighted by molar-refractivity contribution is -0.147. The number of halogens is 1. The van der Waals surface area contributed by atoms with Crippen molar-refractivity contribution < 1.29 is 31.9 Å². The molecule has 1 heterocycles. The summed E-state index contributed by atoms with van der Waals surface area (Å²) in [4.78, 5) is 25.1. The number of carbonyl (C=O) groups is 2. The van der Waals surface area contributed by atoms with E-state index in [0.29, 0.717) is 54.8 Å². The van der Waals surface area contributed by atoms with Crippen molar-refractivity contribution >= 4 is 38.6 Å². The standard InChI is InChI=1S/C28H32FN3O6S/c1-30-15-22-21-13-20(17-5-6-17)23(14-24(21)38-26(22)18-7-9-19(29)10-8-18)32(39(2,36)37)16-25(33)31-28(27(34)35)11-3-4-12-28/h7-10,13-14,17,30H,3-6,11-12,15-16H2,1-2H3,(H,31,33)(H,34,35). The summed E-state index contributed by atoms with van der Waals surface area (Å²) in [5.74, 6) is -1.48. The number of rotatable bonds is 10. The first kappa shape index (κ1) is 27.1. The van der Waals surface area contributed by atoms with Gasteiger partial charge in [-0.1, -0.05) is 12.8 Å². The molecule has 0 bridgehead atoms. The lowest BCUT2D eigenvalue weighted by atomic mass is 9.98. The number of anilines is 1. The summed E-state index contributed by atoms with van der Waals surface area (Å²) in [7, 11) is -2.12. The first-order valence-corrected chi connectivity index (χ1v) is 14.9. The quantitative estimate of drug-likeness (QED) is 0.342. The zero-order chi connectivity index (χ0) is 27.9. The van der Waals surface area contributed by atoms with E-state index in [9.17, 15) is 27.5 Å². The van der Waals surface area contributed by atoms with Crippen molar-refractivity contribution in [3.63, 3.8) is 0 Å². The van der Waals surface area contributed by atoms with Crippen molar-refractivity contribution in [3.05, 3.63) is 53.3 Å². The second-order valence-electron chi connectivity index (χ2n) is 10.5. The van der Waals surface area contributed by atoms with Crippen LogP contribution in [0.4, 0.5) is 10.1 Å². The van der Waals surface area contributed by atoms with Gasteiger partial charge in [-0.15, -0.1) is 0 Å². The normalized spacial score (nSPS) is 16.9. The fourth-order valence-electron chi connectivity index (χ4n) is 5.51. The minimum Gasteiger partial charge on any atom is -0.480 e. The van der Waals surface area contributed by atoms with Crippen molar-refractivity contribution in [2.24, 2.45) is 0 Å². The topological polar surface area (TPSA) is 129 Å². The van der Waals surface area contributed by atoms with Gasteiger partial charge in [0.15, 0.2) is 0 Å². The van der Waals surface area contributed by atoms with Gasteiger partial charge < -0.3 is 20.2 Å².